The van der Waals surface area contributed by atoms with Crippen molar-refractivity contribution < 1.29 is 0 Å². The van der Waals surface area contributed by atoms with Crippen molar-refractivity contribution in [2.75, 3.05) is 5.73 Å². The van der Waals surface area contributed by atoms with E-state index in [0.717, 1.165) is 11.0 Å². The molecule has 6 nitrogen and oxygen atoms in total. The SMILES string of the molecule is Cc1nnc(Sc2ccc(N)c(C#N)n2)n1C. The van der Waals surface area contributed by atoms with Gasteiger partial charge in [-0.2, -0.15) is 5.26 Å². The predicted octanol–water partition coefficient (Wildman–Crippen LogP) is 1.12. The summed E-state index contributed by atoms with van der Waals surface area (Å²) < 4.78 is 1.86. The molecule has 0 aliphatic heterocycles. The Bertz CT molecular complexity index is 597. The fourth-order valence-corrected chi connectivity index (χ4v) is 1.98. The van der Waals surface area contributed by atoms with E-state index in [-0.39, 0.29) is 5.69 Å². The van der Waals surface area contributed by atoms with Crippen LogP contribution in [0.2, 0.25) is 0 Å². The molecule has 2 rings (SSSR count). The molecule has 0 spiro atoms. The molecular formula is C10H10N6S. The van der Waals surface area contributed by atoms with E-state index in [1.165, 1.54) is 11.8 Å². The molecule has 7 heteroatoms. The van der Waals surface area contributed by atoms with Crippen LogP contribution in [0.5, 0.6) is 0 Å². The lowest BCUT2D eigenvalue weighted by Crippen LogP contribution is -1.96. The Morgan fingerprint density at radius 2 is 2.18 bits per heavy atom. The van der Waals surface area contributed by atoms with Crippen molar-refractivity contribution >= 4 is 17.4 Å². The molecule has 2 N–H and O–H groups in total. The zero-order valence-electron chi connectivity index (χ0n) is 9.38. The van der Waals surface area contributed by atoms with Crippen LogP contribution in [0.15, 0.2) is 22.3 Å². The van der Waals surface area contributed by atoms with Gasteiger partial charge in [0, 0.05) is 7.05 Å². The zero-order valence-corrected chi connectivity index (χ0v) is 10.2. The lowest BCUT2D eigenvalue weighted by molar-refractivity contribution is 0.764. The first-order valence-corrected chi connectivity index (χ1v) is 5.64. The first-order valence-electron chi connectivity index (χ1n) is 4.82. The summed E-state index contributed by atoms with van der Waals surface area (Å²) in [6.45, 7) is 1.87. The number of nitriles is 1. The van der Waals surface area contributed by atoms with Crippen molar-refractivity contribution in [1.29, 1.82) is 5.26 Å². The Hall–Kier alpha value is -2.07. The maximum absolute atomic E-state index is 8.83. The third-order valence-corrected chi connectivity index (χ3v) is 3.23. The number of anilines is 1. The summed E-state index contributed by atoms with van der Waals surface area (Å²) >= 11 is 1.34. The quantitative estimate of drug-likeness (QED) is 0.853. The Labute approximate surface area is 102 Å². The molecule has 0 saturated carbocycles. The number of aromatic nitrogens is 4. The number of hydrogen-bond acceptors (Lipinski definition) is 6. The summed E-state index contributed by atoms with van der Waals surface area (Å²) in [4.78, 5) is 4.13. The van der Waals surface area contributed by atoms with Crippen LogP contribution < -0.4 is 5.73 Å². The van der Waals surface area contributed by atoms with Crippen LogP contribution in [-0.4, -0.2) is 19.7 Å². The molecular weight excluding hydrogens is 236 g/mol. The molecule has 2 aromatic heterocycles. The van der Waals surface area contributed by atoms with Gasteiger partial charge < -0.3 is 10.3 Å². The van der Waals surface area contributed by atoms with Crippen LogP contribution in [0, 0.1) is 18.3 Å². The van der Waals surface area contributed by atoms with E-state index in [2.05, 4.69) is 15.2 Å². The molecule has 2 heterocycles. The molecule has 0 amide bonds. The second-order valence-electron chi connectivity index (χ2n) is 3.39. The van der Waals surface area contributed by atoms with E-state index in [1.807, 2.05) is 24.6 Å². The Morgan fingerprint density at radius 1 is 1.41 bits per heavy atom. The number of hydrogen-bond donors (Lipinski definition) is 1. The Morgan fingerprint density at radius 3 is 2.76 bits per heavy atom. The maximum Gasteiger partial charge on any atom is 0.197 e. The van der Waals surface area contributed by atoms with Crippen LogP contribution in [0.25, 0.3) is 0 Å². The largest absolute Gasteiger partial charge is 0.396 e. The van der Waals surface area contributed by atoms with E-state index >= 15 is 0 Å². The van der Waals surface area contributed by atoms with Crippen LogP contribution >= 0.6 is 11.8 Å². The molecule has 0 saturated heterocycles. The number of rotatable bonds is 2. The molecule has 17 heavy (non-hydrogen) atoms. The van der Waals surface area contributed by atoms with E-state index in [0.29, 0.717) is 10.7 Å². The van der Waals surface area contributed by atoms with E-state index in [9.17, 15) is 0 Å². The number of nitrogen functional groups attached to an aromatic ring is 1. The highest BCUT2D eigenvalue weighted by Crippen LogP contribution is 2.25. The average molecular weight is 246 g/mol. The number of nitrogens with two attached hydrogens (primary N) is 1. The summed E-state index contributed by atoms with van der Waals surface area (Å²) in [5.41, 5.74) is 6.21. The Balaban J connectivity index is 2.31. The molecule has 0 radical (unpaired) electrons. The van der Waals surface area contributed by atoms with Gasteiger partial charge in [0.25, 0.3) is 0 Å². The van der Waals surface area contributed by atoms with Crippen LogP contribution in [0.4, 0.5) is 5.69 Å². The highest BCUT2D eigenvalue weighted by Gasteiger charge is 2.09. The summed E-state index contributed by atoms with van der Waals surface area (Å²) in [7, 11) is 1.88. The minimum absolute atomic E-state index is 0.230. The van der Waals surface area contributed by atoms with Gasteiger partial charge in [0.15, 0.2) is 10.9 Å². The van der Waals surface area contributed by atoms with Crippen molar-refractivity contribution in [3.05, 3.63) is 23.7 Å². The fraction of sp³-hybridized carbons (Fsp3) is 0.200. The number of pyridine rings is 1. The third-order valence-electron chi connectivity index (χ3n) is 2.26. The van der Waals surface area contributed by atoms with Gasteiger partial charge in [-0.1, -0.05) is 0 Å². The van der Waals surface area contributed by atoms with Gasteiger partial charge >= 0.3 is 0 Å². The number of nitrogens with zero attached hydrogens (tertiary/aromatic N) is 5. The van der Waals surface area contributed by atoms with Crippen LogP contribution in [-0.2, 0) is 7.05 Å². The smallest absolute Gasteiger partial charge is 0.197 e. The first-order chi connectivity index (χ1) is 8.11. The summed E-state index contributed by atoms with van der Waals surface area (Å²) in [6.07, 6.45) is 0. The van der Waals surface area contributed by atoms with Gasteiger partial charge in [0.1, 0.15) is 16.9 Å². The van der Waals surface area contributed by atoms with Crippen molar-refractivity contribution in [1.82, 2.24) is 19.7 Å². The molecule has 0 fully saturated rings. The van der Waals surface area contributed by atoms with Gasteiger partial charge in [-0.25, -0.2) is 4.98 Å². The molecule has 0 aliphatic carbocycles. The topological polar surface area (TPSA) is 93.4 Å². The van der Waals surface area contributed by atoms with Gasteiger partial charge in [0.2, 0.25) is 0 Å². The van der Waals surface area contributed by atoms with Gasteiger partial charge in [-0.15, -0.1) is 10.2 Å². The molecule has 0 atom stereocenters. The standard InChI is InChI=1S/C10H10N6S/c1-6-14-15-10(16(6)2)17-9-4-3-7(12)8(5-11)13-9/h3-4H,12H2,1-2H3. The monoisotopic (exact) mass is 246 g/mol. The van der Waals surface area contributed by atoms with Gasteiger partial charge in [0.05, 0.1) is 5.69 Å². The van der Waals surface area contributed by atoms with Crippen molar-refractivity contribution in [2.45, 2.75) is 17.1 Å². The lowest BCUT2D eigenvalue weighted by Gasteiger charge is -2.02. The summed E-state index contributed by atoms with van der Waals surface area (Å²) in [5, 5.41) is 18.2. The second kappa shape index (κ2) is 4.43. The average Bonchev–Trinajstić information content (AvgIpc) is 2.63. The molecule has 0 unspecified atom stereocenters. The molecule has 0 bridgehead atoms. The highest BCUT2D eigenvalue weighted by atomic mass is 32.2. The van der Waals surface area contributed by atoms with Crippen molar-refractivity contribution in [3.63, 3.8) is 0 Å². The first kappa shape index (κ1) is 11.4. The van der Waals surface area contributed by atoms with E-state index in [1.54, 1.807) is 12.1 Å². The predicted molar refractivity (Wildman–Crippen MR) is 63.2 cm³/mol. The van der Waals surface area contributed by atoms with E-state index < -0.39 is 0 Å². The van der Waals surface area contributed by atoms with Gasteiger partial charge in [-0.3, -0.25) is 0 Å². The summed E-state index contributed by atoms with van der Waals surface area (Å²) in [5.74, 6) is 0.823. The summed E-state index contributed by atoms with van der Waals surface area (Å²) in [6, 6.07) is 5.37. The maximum atomic E-state index is 8.83. The third kappa shape index (κ3) is 2.21. The normalized spacial score (nSPS) is 10.2. The second-order valence-corrected chi connectivity index (χ2v) is 4.38. The number of aryl methyl sites for hydroxylation is 1. The van der Waals surface area contributed by atoms with E-state index in [4.69, 9.17) is 11.0 Å². The zero-order chi connectivity index (χ0) is 12.4. The minimum Gasteiger partial charge on any atom is -0.396 e. The van der Waals surface area contributed by atoms with Crippen molar-refractivity contribution in [2.24, 2.45) is 7.05 Å². The molecule has 86 valence electrons. The Kier molecular flexibility index (Phi) is 2.97. The van der Waals surface area contributed by atoms with Crippen LogP contribution in [0.1, 0.15) is 11.5 Å². The molecule has 2 aromatic rings. The van der Waals surface area contributed by atoms with Gasteiger partial charge in [-0.05, 0) is 30.8 Å². The molecule has 0 aliphatic rings. The fourth-order valence-electron chi connectivity index (χ4n) is 1.17. The highest BCUT2D eigenvalue weighted by molar-refractivity contribution is 7.99. The minimum atomic E-state index is 0.230. The van der Waals surface area contributed by atoms with Crippen LogP contribution in [0.3, 0.4) is 0 Å². The molecule has 0 aromatic carbocycles. The lowest BCUT2D eigenvalue weighted by atomic mass is 10.3. The van der Waals surface area contributed by atoms with Crippen molar-refractivity contribution in [3.8, 4) is 6.07 Å².